The Labute approximate surface area is 171 Å². The van der Waals surface area contributed by atoms with E-state index in [2.05, 4.69) is 20.9 Å². The maximum absolute atomic E-state index is 11.7. The molecule has 0 atom stereocenters. The lowest BCUT2D eigenvalue weighted by Crippen LogP contribution is -2.30. The monoisotopic (exact) mass is 441 g/mol. The molecule has 0 unspecified atom stereocenters. The Balaban J connectivity index is 0.000000162. The summed E-state index contributed by atoms with van der Waals surface area (Å²) in [5.74, 6) is -0.265. The SMILES string of the molecule is COCCN1C(=O)Cc2ccc(Br)cc21.NC(=O)c1cccc2ncccc12. The van der Waals surface area contributed by atoms with Crippen LogP contribution in [0.3, 0.4) is 0 Å². The number of anilines is 1. The highest BCUT2D eigenvalue weighted by molar-refractivity contribution is 9.10. The van der Waals surface area contributed by atoms with E-state index in [0.717, 1.165) is 26.6 Å². The number of nitrogens with two attached hydrogens (primary N) is 1. The molecule has 28 heavy (non-hydrogen) atoms. The molecule has 0 bridgehead atoms. The number of ether oxygens (including phenoxy) is 1. The number of hydrogen-bond donors (Lipinski definition) is 1. The van der Waals surface area contributed by atoms with Gasteiger partial charge in [-0.2, -0.15) is 0 Å². The lowest BCUT2D eigenvalue weighted by molar-refractivity contribution is -0.117. The predicted octanol–water partition coefficient (Wildman–Crippen LogP) is 3.32. The Morgan fingerprint density at radius 1 is 1.25 bits per heavy atom. The summed E-state index contributed by atoms with van der Waals surface area (Å²) in [6.45, 7) is 1.19. The van der Waals surface area contributed by atoms with Gasteiger partial charge in [-0.3, -0.25) is 14.6 Å². The summed E-state index contributed by atoms with van der Waals surface area (Å²) >= 11 is 3.41. The van der Waals surface area contributed by atoms with Crippen molar-refractivity contribution in [2.24, 2.45) is 5.73 Å². The van der Waals surface area contributed by atoms with Crippen LogP contribution in [0, 0.1) is 0 Å². The molecule has 2 heterocycles. The van der Waals surface area contributed by atoms with Crippen molar-refractivity contribution in [3.8, 4) is 0 Å². The molecule has 1 aliphatic heterocycles. The van der Waals surface area contributed by atoms with Crippen LogP contribution in [0.25, 0.3) is 10.9 Å². The molecule has 2 aromatic carbocycles. The van der Waals surface area contributed by atoms with Gasteiger partial charge in [0.2, 0.25) is 11.8 Å². The Kier molecular flexibility index (Phi) is 6.38. The Hall–Kier alpha value is -2.77. The van der Waals surface area contributed by atoms with E-state index in [1.807, 2.05) is 30.3 Å². The molecule has 0 fully saturated rings. The van der Waals surface area contributed by atoms with Gasteiger partial charge in [0.05, 0.1) is 18.5 Å². The van der Waals surface area contributed by atoms with Crippen LogP contribution < -0.4 is 10.6 Å². The standard InChI is InChI=1S/C11H12BrNO2.C10H8N2O/c1-15-5-4-13-10-7-9(12)3-2-8(10)6-11(13)14;11-10(13)8-3-1-5-9-7(8)4-2-6-12-9/h2-3,7H,4-6H2,1H3;1-6H,(H2,11,13). The van der Waals surface area contributed by atoms with Crippen molar-refractivity contribution in [3.05, 3.63) is 70.3 Å². The van der Waals surface area contributed by atoms with E-state index in [1.165, 1.54) is 0 Å². The van der Waals surface area contributed by atoms with E-state index < -0.39 is 5.91 Å². The van der Waals surface area contributed by atoms with Crippen molar-refractivity contribution < 1.29 is 14.3 Å². The van der Waals surface area contributed by atoms with E-state index in [0.29, 0.717) is 25.1 Å². The first-order valence-electron chi connectivity index (χ1n) is 8.72. The average molecular weight is 442 g/mol. The molecule has 2 amide bonds. The number of fused-ring (bicyclic) bond motifs is 2. The Bertz CT molecular complexity index is 1020. The van der Waals surface area contributed by atoms with Gasteiger partial charge in [0.1, 0.15) is 0 Å². The number of primary amides is 1. The molecule has 3 aromatic rings. The number of amides is 2. The number of hydrogen-bond acceptors (Lipinski definition) is 4. The molecule has 0 saturated heterocycles. The fourth-order valence-corrected chi connectivity index (χ4v) is 3.43. The highest BCUT2D eigenvalue weighted by atomic mass is 79.9. The zero-order chi connectivity index (χ0) is 20.1. The van der Waals surface area contributed by atoms with Crippen molar-refractivity contribution in [2.45, 2.75) is 6.42 Å². The highest BCUT2D eigenvalue weighted by Crippen LogP contribution is 2.31. The number of nitrogens with zero attached hydrogens (tertiary/aromatic N) is 2. The number of carbonyl (C=O) groups excluding carboxylic acids is 2. The van der Waals surface area contributed by atoms with Crippen LogP contribution in [0.15, 0.2) is 59.2 Å². The molecule has 1 aromatic heterocycles. The number of pyridine rings is 1. The van der Waals surface area contributed by atoms with Crippen LogP contribution in [0.2, 0.25) is 0 Å². The normalized spacial score (nSPS) is 12.5. The van der Waals surface area contributed by atoms with Gasteiger partial charge >= 0.3 is 0 Å². The first-order valence-corrected chi connectivity index (χ1v) is 9.52. The van der Waals surface area contributed by atoms with Gasteiger partial charge < -0.3 is 15.4 Å². The second-order valence-corrected chi connectivity index (χ2v) is 7.14. The molecule has 144 valence electrons. The van der Waals surface area contributed by atoms with Crippen LogP contribution >= 0.6 is 15.9 Å². The topological polar surface area (TPSA) is 85.5 Å². The Morgan fingerprint density at radius 2 is 2.07 bits per heavy atom. The summed E-state index contributed by atoms with van der Waals surface area (Å²) in [6.07, 6.45) is 2.19. The predicted molar refractivity (Wildman–Crippen MR) is 112 cm³/mol. The maximum atomic E-state index is 11.7. The summed E-state index contributed by atoms with van der Waals surface area (Å²) in [5.41, 5.74) is 8.63. The zero-order valence-corrected chi connectivity index (χ0v) is 17.0. The van der Waals surface area contributed by atoms with Crippen LogP contribution in [0.5, 0.6) is 0 Å². The minimum atomic E-state index is -0.418. The van der Waals surface area contributed by atoms with Crippen molar-refractivity contribution in [1.82, 2.24) is 4.98 Å². The van der Waals surface area contributed by atoms with Gasteiger partial charge in [-0.15, -0.1) is 0 Å². The fraction of sp³-hybridized carbons (Fsp3) is 0.190. The van der Waals surface area contributed by atoms with Crippen LogP contribution in [-0.2, 0) is 16.0 Å². The van der Waals surface area contributed by atoms with Gasteiger partial charge in [-0.05, 0) is 35.9 Å². The lowest BCUT2D eigenvalue weighted by atomic mass is 10.1. The largest absolute Gasteiger partial charge is 0.383 e. The van der Waals surface area contributed by atoms with Gasteiger partial charge in [-0.1, -0.05) is 34.1 Å². The van der Waals surface area contributed by atoms with Crippen molar-refractivity contribution in [1.29, 1.82) is 0 Å². The maximum Gasteiger partial charge on any atom is 0.249 e. The van der Waals surface area contributed by atoms with E-state index in [-0.39, 0.29) is 5.91 Å². The number of aromatic nitrogens is 1. The fourth-order valence-electron chi connectivity index (χ4n) is 3.08. The second-order valence-electron chi connectivity index (χ2n) is 6.23. The molecule has 0 spiro atoms. The molecule has 6 nitrogen and oxygen atoms in total. The Morgan fingerprint density at radius 3 is 2.82 bits per heavy atom. The first kappa shape index (κ1) is 20.0. The quantitative estimate of drug-likeness (QED) is 0.672. The lowest BCUT2D eigenvalue weighted by Gasteiger charge is -2.16. The summed E-state index contributed by atoms with van der Waals surface area (Å²) in [5, 5.41) is 0.803. The van der Waals surface area contributed by atoms with E-state index in [9.17, 15) is 9.59 Å². The minimum absolute atomic E-state index is 0.153. The molecular weight excluding hydrogens is 422 g/mol. The van der Waals surface area contributed by atoms with E-state index >= 15 is 0 Å². The first-order chi connectivity index (χ1) is 13.5. The minimum Gasteiger partial charge on any atom is -0.383 e. The highest BCUT2D eigenvalue weighted by Gasteiger charge is 2.26. The van der Waals surface area contributed by atoms with Gasteiger partial charge in [0.25, 0.3) is 0 Å². The molecule has 2 N–H and O–H groups in total. The smallest absolute Gasteiger partial charge is 0.249 e. The number of halogens is 1. The third kappa shape index (κ3) is 4.37. The summed E-state index contributed by atoms with van der Waals surface area (Å²) in [7, 11) is 1.64. The van der Waals surface area contributed by atoms with Gasteiger partial charge in [0.15, 0.2) is 0 Å². The third-order valence-electron chi connectivity index (χ3n) is 4.41. The summed E-state index contributed by atoms with van der Waals surface area (Å²) in [4.78, 5) is 28.6. The van der Waals surface area contributed by atoms with Crippen molar-refractivity contribution in [2.75, 3.05) is 25.2 Å². The van der Waals surface area contributed by atoms with Crippen molar-refractivity contribution >= 4 is 44.3 Å². The molecular formula is C21H20BrN3O3. The van der Waals surface area contributed by atoms with Crippen LogP contribution in [-0.4, -0.2) is 37.1 Å². The van der Waals surface area contributed by atoms with E-state index in [1.54, 1.807) is 36.4 Å². The molecule has 0 saturated carbocycles. The number of carbonyl (C=O) groups is 2. The van der Waals surface area contributed by atoms with Crippen LogP contribution in [0.1, 0.15) is 15.9 Å². The van der Waals surface area contributed by atoms with Crippen molar-refractivity contribution in [3.63, 3.8) is 0 Å². The van der Waals surface area contributed by atoms with Crippen LogP contribution in [0.4, 0.5) is 5.69 Å². The van der Waals surface area contributed by atoms with Gasteiger partial charge in [-0.25, -0.2) is 0 Å². The zero-order valence-electron chi connectivity index (χ0n) is 15.4. The summed E-state index contributed by atoms with van der Waals surface area (Å²) in [6, 6.07) is 14.9. The number of rotatable bonds is 4. The molecule has 0 radical (unpaired) electrons. The number of benzene rings is 2. The molecule has 7 heteroatoms. The average Bonchev–Trinajstić information content (AvgIpc) is 3.00. The summed E-state index contributed by atoms with van der Waals surface area (Å²) < 4.78 is 5.99. The van der Waals surface area contributed by atoms with E-state index in [4.69, 9.17) is 10.5 Å². The molecule has 1 aliphatic rings. The molecule has 0 aliphatic carbocycles. The molecule has 4 rings (SSSR count). The number of methoxy groups -OCH3 is 1. The van der Waals surface area contributed by atoms with Gasteiger partial charge in [0, 0.05) is 41.0 Å². The third-order valence-corrected chi connectivity index (χ3v) is 4.90. The second kappa shape index (κ2) is 8.95.